The van der Waals surface area contributed by atoms with Crippen LogP contribution >= 0.6 is 0 Å². The molecule has 2 rings (SSSR count). The van der Waals surface area contributed by atoms with E-state index in [1.807, 2.05) is 0 Å². The first-order valence-electron chi connectivity index (χ1n) is 10.3. The van der Waals surface area contributed by atoms with Gasteiger partial charge in [-0.05, 0) is 61.7 Å². The number of nitrogens with one attached hydrogen (secondary N) is 3. The second-order valence-electron chi connectivity index (χ2n) is 7.26. The molecule has 33 heavy (non-hydrogen) atoms. The number of nitrogen functional groups attached to an aromatic ring is 1. The molecule has 1 amide bonds. The van der Waals surface area contributed by atoms with E-state index >= 15 is 0 Å². The Kier molecular flexibility index (Phi) is 8.94. The molecule has 178 valence electrons. The third kappa shape index (κ3) is 7.29. The molecule has 11 heteroatoms. The van der Waals surface area contributed by atoms with Crippen molar-refractivity contribution in [3.05, 3.63) is 53.6 Å². The fraction of sp³-hybridized carbons (Fsp3) is 0.318. The molecule has 0 spiro atoms. The Morgan fingerprint density at radius 2 is 1.85 bits per heavy atom. The van der Waals surface area contributed by atoms with Gasteiger partial charge in [0.05, 0.1) is 11.5 Å². The Morgan fingerprint density at radius 3 is 2.42 bits per heavy atom. The van der Waals surface area contributed by atoms with Crippen LogP contribution in [-0.4, -0.2) is 43.9 Å². The minimum absolute atomic E-state index is 0.0336. The highest BCUT2D eigenvalue weighted by Crippen LogP contribution is 2.25. The quantitative estimate of drug-likeness (QED) is 0.177. The minimum Gasteiger partial charge on any atom is -0.494 e. The molecular weight excluding hydrogens is 448 g/mol. The van der Waals surface area contributed by atoms with E-state index in [1.165, 1.54) is 19.1 Å². The van der Waals surface area contributed by atoms with Crippen molar-refractivity contribution in [1.29, 1.82) is 5.41 Å². The Balaban J connectivity index is 1.98. The molecule has 1 atom stereocenters. The monoisotopic (exact) mass is 476 g/mol. The lowest BCUT2D eigenvalue weighted by molar-refractivity contribution is -0.138. The van der Waals surface area contributed by atoms with Gasteiger partial charge in [0, 0.05) is 17.7 Å². The topological polar surface area (TPSA) is 172 Å². The number of benzene rings is 2. The van der Waals surface area contributed by atoms with E-state index in [1.54, 1.807) is 37.3 Å². The molecule has 2 aromatic rings. The number of hydrogen-bond donors (Lipinski definition) is 5. The summed E-state index contributed by atoms with van der Waals surface area (Å²) in [7, 11) is -4.09. The molecule has 6 N–H and O–H groups in total. The number of sulfonamides is 1. The first-order chi connectivity index (χ1) is 15.5. The summed E-state index contributed by atoms with van der Waals surface area (Å²) in [5, 5.41) is 19.1. The molecule has 10 nitrogen and oxygen atoms in total. The van der Waals surface area contributed by atoms with Gasteiger partial charge >= 0.3 is 5.97 Å². The van der Waals surface area contributed by atoms with E-state index in [0.717, 1.165) is 0 Å². The van der Waals surface area contributed by atoms with Crippen LogP contribution in [0.5, 0.6) is 5.75 Å². The second-order valence-corrected chi connectivity index (χ2v) is 8.94. The molecule has 0 saturated carbocycles. The van der Waals surface area contributed by atoms with Gasteiger partial charge in [-0.2, -0.15) is 4.72 Å². The van der Waals surface area contributed by atoms with Gasteiger partial charge in [-0.3, -0.25) is 15.0 Å². The second kappa shape index (κ2) is 11.4. The molecule has 0 fully saturated rings. The normalized spacial score (nSPS) is 12.1. The molecular formula is C22H28N4O6S. The number of anilines is 1. The van der Waals surface area contributed by atoms with E-state index < -0.39 is 22.0 Å². The number of carbonyl (C=O) groups is 2. The maximum atomic E-state index is 12.6. The smallest absolute Gasteiger partial charge is 0.321 e. The molecule has 0 aromatic heterocycles. The van der Waals surface area contributed by atoms with Gasteiger partial charge in [-0.1, -0.05) is 13.0 Å². The van der Waals surface area contributed by atoms with E-state index in [2.05, 4.69) is 10.0 Å². The third-order valence-electron chi connectivity index (χ3n) is 4.73. The fourth-order valence-corrected chi connectivity index (χ4v) is 4.54. The summed E-state index contributed by atoms with van der Waals surface area (Å²) in [6.07, 6.45) is 0.894. The van der Waals surface area contributed by atoms with Gasteiger partial charge in [0.2, 0.25) is 15.9 Å². The van der Waals surface area contributed by atoms with Crippen molar-refractivity contribution in [2.24, 2.45) is 5.73 Å². The highest BCUT2D eigenvalue weighted by atomic mass is 32.2. The van der Waals surface area contributed by atoms with Gasteiger partial charge in [0.15, 0.2) is 0 Å². The van der Waals surface area contributed by atoms with Gasteiger partial charge in [-0.15, -0.1) is 0 Å². The third-order valence-corrected chi connectivity index (χ3v) is 6.36. The van der Waals surface area contributed by atoms with Crippen LogP contribution in [0.1, 0.15) is 37.8 Å². The number of ether oxygens (including phenoxy) is 1. The molecule has 0 aliphatic rings. The SMILES string of the molecule is CCc1c(NC(=O)CCCOc2ccc(C(=N)N)cc2)cccc1S(=O)(=O)N[C@@H](C)C(=O)O. The van der Waals surface area contributed by atoms with Gasteiger partial charge in [0.1, 0.15) is 17.6 Å². The van der Waals surface area contributed by atoms with E-state index in [4.69, 9.17) is 21.0 Å². The molecule has 0 unspecified atom stereocenters. The zero-order valence-corrected chi connectivity index (χ0v) is 19.2. The van der Waals surface area contributed by atoms with Crippen LogP contribution in [0.4, 0.5) is 5.69 Å². The van der Waals surface area contributed by atoms with E-state index in [0.29, 0.717) is 42.0 Å². The minimum atomic E-state index is -4.09. The molecule has 0 saturated heterocycles. The van der Waals surface area contributed by atoms with Gasteiger partial charge in [0.25, 0.3) is 0 Å². The number of carboxylic acids is 1. The maximum absolute atomic E-state index is 12.6. The van der Waals surface area contributed by atoms with Crippen LogP contribution < -0.4 is 20.5 Å². The number of amides is 1. The number of aliphatic carboxylic acids is 1. The van der Waals surface area contributed by atoms with Crippen molar-refractivity contribution in [1.82, 2.24) is 4.72 Å². The average Bonchev–Trinajstić information content (AvgIpc) is 2.76. The Hall–Kier alpha value is -3.44. The van der Waals surface area contributed by atoms with Crippen molar-refractivity contribution in [2.45, 2.75) is 44.0 Å². The number of carbonyl (C=O) groups excluding carboxylic acids is 1. The van der Waals surface area contributed by atoms with Crippen molar-refractivity contribution in [3.8, 4) is 5.75 Å². The molecule has 0 heterocycles. The number of hydrogen-bond acceptors (Lipinski definition) is 6. The Morgan fingerprint density at radius 1 is 1.18 bits per heavy atom. The summed E-state index contributed by atoms with van der Waals surface area (Å²) < 4.78 is 33.0. The Bertz CT molecular complexity index is 1120. The lowest BCUT2D eigenvalue weighted by atomic mass is 10.1. The maximum Gasteiger partial charge on any atom is 0.321 e. The zero-order valence-electron chi connectivity index (χ0n) is 18.4. The van der Waals surface area contributed by atoms with Gasteiger partial charge < -0.3 is 20.9 Å². The van der Waals surface area contributed by atoms with Crippen molar-refractivity contribution in [3.63, 3.8) is 0 Å². The summed E-state index contributed by atoms with van der Waals surface area (Å²) in [6, 6.07) is 9.89. The van der Waals surface area contributed by atoms with Crippen LogP contribution in [0.3, 0.4) is 0 Å². The molecule has 0 radical (unpaired) electrons. The first-order valence-corrected chi connectivity index (χ1v) is 11.8. The van der Waals surface area contributed by atoms with Crippen LogP contribution in [0, 0.1) is 5.41 Å². The van der Waals surface area contributed by atoms with Crippen LogP contribution in [0.2, 0.25) is 0 Å². The highest BCUT2D eigenvalue weighted by molar-refractivity contribution is 7.89. The lowest BCUT2D eigenvalue weighted by Crippen LogP contribution is -2.38. The molecule has 2 aromatic carbocycles. The highest BCUT2D eigenvalue weighted by Gasteiger charge is 2.25. The number of carboxylic acid groups (broad SMARTS) is 1. The van der Waals surface area contributed by atoms with E-state index in [9.17, 15) is 18.0 Å². The predicted octanol–water partition coefficient (Wildman–Crippen LogP) is 2.08. The molecule has 0 bridgehead atoms. The number of nitrogens with two attached hydrogens (primary N) is 1. The molecule has 0 aliphatic heterocycles. The fourth-order valence-electron chi connectivity index (χ4n) is 3.01. The summed E-state index contributed by atoms with van der Waals surface area (Å²) in [5.74, 6) is -1.04. The summed E-state index contributed by atoms with van der Waals surface area (Å²) in [6.45, 7) is 3.27. The van der Waals surface area contributed by atoms with E-state index in [-0.39, 0.29) is 23.1 Å². The standard InChI is InChI=1S/C22H28N4O6S/c1-3-17-18(6-4-7-19(17)33(30,31)26-14(2)22(28)29)25-20(27)8-5-13-32-16-11-9-15(10-12-16)21(23)24/h4,6-7,9-12,14,26H,3,5,8,13H2,1-2H3,(H3,23,24)(H,25,27)(H,28,29)/t14-/m0/s1. The number of rotatable bonds is 12. The average molecular weight is 477 g/mol. The summed E-state index contributed by atoms with van der Waals surface area (Å²) >= 11 is 0. The summed E-state index contributed by atoms with van der Waals surface area (Å²) in [4.78, 5) is 23.3. The van der Waals surface area contributed by atoms with Crippen molar-refractivity contribution >= 4 is 33.4 Å². The van der Waals surface area contributed by atoms with Crippen LogP contribution in [0.25, 0.3) is 0 Å². The lowest BCUT2D eigenvalue weighted by Gasteiger charge is -2.16. The summed E-state index contributed by atoms with van der Waals surface area (Å²) in [5.41, 5.74) is 6.74. The Labute approximate surface area is 192 Å². The van der Waals surface area contributed by atoms with Gasteiger partial charge in [-0.25, -0.2) is 8.42 Å². The largest absolute Gasteiger partial charge is 0.494 e. The van der Waals surface area contributed by atoms with Crippen molar-refractivity contribution in [2.75, 3.05) is 11.9 Å². The van der Waals surface area contributed by atoms with Crippen LogP contribution in [-0.2, 0) is 26.0 Å². The van der Waals surface area contributed by atoms with Crippen molar-refractivity contribution < 1.29 is 27.9 Å². The predicted molar refractivity (Wildman–Crippen MR) is 124 cm³/mol. The van der Waals surface area contributed by atoms with Crippen LogP contribution in [0.15, 0.2) is 47.4 Å². The zero-order chi connectivity index (χ0) is 24.6. The molecule has 0 aliphatic carbocycles. The number of amidine groups is 1. The first kappa shape index (κ1) is 25.8.